The Morgan fingerprint density at radius 3 is 2.94 bits per heavy atom. The molecule has 1 amide bonds. The van der Waals surface area contributed by atoms with Gasteiger partial charge in [0.2, 0.25) is 0 Å². The van der Waals surface area contributed by atoms with Crippen LogP contribution in [0.25, 0.3) is 0 Å². The highest BCUT2D eigenvalue weighted by atomic mass is 35.5. The summed E-state index contributed by atoms with van der Waals surface area (Å²) in [5.41, 5.74) is 0.378. The Morgan fingerprint density at radius 1 is 1.50 bits per heavy atom. The van der Waals surface area contributed by atoms with E-state index in [-0.39, 0.29) is 30.2 Å². The number of halogens is 2. The molecular weight excluding hydrogens is 255 g/mol. The summed E-state index contributed by atoms with van der Waals surface area (Å²) >= 11 is 0. The maximum atomic E-state index is 13.0. The van der Waals surface area contributed by atoms with E-state index in [4.69, 9.17) is 0 Å². The van der Waals surface area contributed by atoms with Crippen molar-refractivity contribution in [2.45, 2.75) is 19.4 Å². The number of piperidine rings is 1. The molecule has 0 saturated carbocycles. The molecule has 0 spiro atoms. The molecule has 0 aromatic heterocycles. The number of amides is 1. The molecule has 1 heterocycles. The molecule has 1 fully saturated rings. The Kier molecular flexibility index (Phi) is 5.56. The molecule has 5 heteroatoms. The van der Waals surface area contributed by atoms with Gasteiger partial charge in [-0.2, -0.15) is 0 Å². The van der Waals surface area contributed by atoms with Gasteiger partial charge in [0.25, 0.3) is 5.91 Å². The van der Waals surface area contributed by atoms with E-state index < -0.39 is 0 Å². The third-order valence-corrected chi connectivity index (χ3v) is 3.23. The Bertz CT molecular complexity index is 414. The highest BCUT2D eigenvalue weighted by Gasteiger charge is 2.22. The van der Waals surface area contributed by atoms with Crippen molar-refractivity contribution in [2.75, 3.05) is 13.1 Å². The smallest absolute Gasteiger partial charge is 0.251 e. The van der Waals surface area contributed by atoms with Crippen molar-refractivity contribution in [3.8, 4) is 0 Å². The molecule has 2 unspecified atom stereocenters. The van der Waals surface area contributed by atoms with Gasteiger partial charge in [-0.05, 0) is 37.1 Å². The lowest BCUT2D eigenvalue weighted by molar-refractivity contribution is 0.0915. The summed E-state index contributed by atoms with van der Waals surface area (Å²) in [5, 5.41) is 6.19. The van der Waals surface area contributed by atoms with Crippen LogP contribution in [-0.2, 0) is 0 Å². The lowest BCUT2D eigenvalue weighted by Crippen LogP contribution is -2.50. The highest BCUT2D eigenvalue weighted by Crippen LogP contribution is 2.12. The molecule has 100 valence electrons. The summed E-state index contributed by atoms with van der Waals surface area (Å²) in [7, 11) is 0. The van der Waals surface area contributed by atoms with Crippen LogP contribution in [0.1, 0.15) is 23.7 Å². The number of hydrogen-bond donors (Lipinski definition) is 2. The van der Waals surface area contributed by atoms with Crippen molar-refractivity contribution in [2.24, 2.45) is 5.92 Å². The highest BCUT2D eigenvalue weighted by molar-refractivity contribution is 5.94. The van der Waals surface area contributed by atoms with Crippen LogP contribution < -0.4 is 10.6 Å². The second-order valence-corrected chi connectivity index (χ2v) is 4.56. The molecule has 2 N–H and O–H groups in total. The lowest BCUT2D eigenvalue weighted by Gasteiger charge is -2.30. The van der Waals surface area contributed by atoms with Gasteiger partial charge < -0.3 is 10.6 Å². The average molecular weight is 273 g/mol. The predicted molar refractivity (Wildman–Crippen MR) is 71.6 cm³/mol. The Labute approximate surface area is 113 Å². The monoisotopic (exact) mass is 272 g/mol. The normalized spacial score (nSPS) is 23.0. The van der Waals surface area contributed by atoms with Crippen LogP contribution in [0, 0.1) is 11.7 Å². The third kappa shape index (κ3) is 3.68. The van der Waals surface area contributed by atoms with E-state index in [0.29, 0.717) is 11.5 Å². The van der Waals surface area contributed by atoms with Crippen molar-refractivity contribution < 1.29 is 9.18 Å². The zero-order valence-electron chi connectivity index (χ0n) is 10.3. The summed E-state index contributed by atoms with van der Waals surface area (Å²) < 4.78 is 13.0. The molecular formula is C13H18ClFN2O. The summed E-state index contributed by atoms with van der Waals surface area (Å²) in [4.78, 5) is 11.9. The second-order valence-electron chi connectivity index (χ2n) is 4.56. The minimum atomic E-state index is -0.382. The van der Waals surface area contributed by atoms with Crippen LogP contribution in [-0.4, -0.2) is 25.0 Å². The topological polar surface area (TPSA) is 41.1 Å². The largest absolute Gasteiger partial charge is 0.348 e. The summed E-state index contributed by atoms with van der Waals surface area (Å²) in [6.07, 6.45) is 1.05. The minimum Gasteiger partial charge on any atom is -0.348 e. The lowest BCUT2D eigenvalue weighted by atomic mass is 9.94. The minimum absolute atomic E-state index is 0. The first kappa shape index (κ1) is 14.9. The Morgan fingerprint density at radius 2 is 2.28 bits per heavy atom. The van der Waals surface area contributed by atoms with Gasteiger partial charge in [-0.1, -0.05) is 13.0 Å². The SMILES string of the molecule is CC1CCNCC1NC(=O)c1cccc(F)c1.Cl. The van der Waals surface area contributed by atoms with Crippen LogP contribution in [0.5, 0.6) is 0 Å². The van der Waals surface area contributed by atoms with Gasteiger partial charge in [0, 0.05) is 18.2 Å². The zero-order chi connectivity index (χ0) is 12.3. The molecule has 0 radical (unpaired) electrons. The average Bonchev–Trinajstić information content (AvgIpc) is 2.32. The van der Waals surface area contributed by atoms with Gasteiger partial charge in [-0.15, -0.1) is 12.4 Å². The van der Waals surface area contributed by atoms with Gasteiger partial charge in [-0.25, -0.2) is 4.39 Å². The molecule has 1 aromatic carbocycles. The Hall–Kier alpha value is -1.13. The maximum absolute atomic E-state index is 13.0. The van der Waals surface area contributed by atoms with Crippen LogP contribution >= 0.6 is 12.4 Å². The standard InChI is InChI=1S/C13H17FN2O.ClH/c1-9-5-6-15-8-12(9)16-13(17)10-3-2-4-11(14)7-10;/h2-4,7,9,12,15H,5-6,8H2,1H3,(H,16,17);1H. The van der Waals surface area contributed by atoms with Crippen LogP contribution in [0.15, 0.2) is 24.3 Å². The number of benzene rings is 1. The van der Waals surface area contributed by atoms with Gasteiger partial charge in [-0.3, -0.25) is 4.79 Å². The first-order valence-electron chi connectivity index (χ1n) is 5.94. The predicted octanol–water partition coefficient (Wildman–Crippen LogP) is 1.98. The van der Waals surface area contributed by atoms with Crippen molar-refractivity contribution >= 4 is 18.3 Å². The van der Waals surface area contributed by atoms with E-state index in [2.05, 4.69) is 17.6 Å². The van der Waals surface area contributed by atoms with Crippen molar-refractivity contribution in [3.63, 3.8) is 0 Å². The van der Waals surface area contributed by atoms with Gasteiger partial charge >= 0.3 is 0 Å². The first-order chi connectivity index (χ1) is 8.16. The van der Waals surface area contributed by atoms with Crippen molar-refractivity contribution in [3.05, 3.63) is 35.6 Å². The molecule has 1 saturated heterocycles. The fourth-order valence-electron chi connectivity index (χ4n) is 2.06. The van der Waals surface area contributed by atoms with E-state index in [1.165, 1.54) is 12.1 Å². The number of nitrogens with one attached hydrogen (secondary N) is 2. The van der Waals surface area contributed by atoms with Crippen LogP contribution in [0.3, 0.4) is 0 Å². The number of rotatable bonds is 2. The van der Waals surface area contributed by atoms with E-state index in [9.17, 15) is 9.18 Å². The molecule has 3 nitrogen and oxygen atoms in total. The van der Waals surface area contributed by atoms with Gasteiger partial charge in [0.1, 0.15) is 5.82 Å². The van der Waals surface area contributed by atoms with E-state index in [1.54, 1.807) is 12.1 Å². The van der Waals surface area contributed by atoms with Crippen LogP contribution in [0.4, 0.5) is 4.39 Å². The molecule has 1 aliphatic rings. The number of hydrogen-bond acceptors (Lipinski definition) is 2. The summed E-state index contributed by atoms with van der Waals surface area (Å²) in [5.74, 6) is -0.133. The molecule has 2 rings (SSSR count). The Balaban J connectivity index is 0.00000162. The van der Waals surface area contributed by atoms with E-state index in [0.717, 1.165) is 19.5 Å². The molecule has 1 aliphatic heterocycles. The fraction of sp³-hybridized carbons (Fsp3) is 0.462. The molecule has 0 bridgehead atoms. The molecule has 2 atom stereocenters. The third-order valence-electron chi connectivity index (χ3n) is 3.23. The first-order valence-corrected chi connectivity index (χ1v) is 5.94. The quantitative estimate of drug-likeness (QED) is 0.864. The fourth-order valence-corrected chi connectivity index (χ4v) is 2.06. The van der Waals surface area contributed by atoms with Crippen molar-refractivity contribution in [1.29, 1.82) is 0 Å². The van der Waals surface area contributed by atoms with E-state index >= 15 is 0 Å². The molecule has 0 aliphatic carbocycles. The van der Waals surface area contributed by atoms with E-state index in [1.807, 2.05) is 0 Å². The molecule has 1 aromatic rings. The second kappa shape index (κ2) is 6.71. The maximum Gasteiger partial charge on any atom is 0.251 e. The number of carbonyl (C=O) groups is 1. The van der Waals surface area contributed by atoms with Crippen LogP contribution in [0.2, 0.25) is 0 Å². The molecule has 18 heavy (non-hydrogen) atoms. The van der Waals surface area contributed by atoms with Crippen molar-refractivity contribution in [1.82, 2.24) is 10.6 Å². The van der Waals surface area contributed by atoms with Gasteiger partial charge in [0.05, 0.1) is 0 Å². The number of carbonyl (C=O) groups excluding carboxylic acids is 1. The summed E-state index contributed by atoms with van der Waals surface area (Å²) in [6, 6.07) is 5.89. The zero-order valence-corrected chi connectivity index (χ0v) is 11.1. The van der Waals surface area contributed by atoms with Gasteiger partial charge in [0.15, 0.2) is 0 Å². The summed E-state index contributed by atoms with van der Waals surface area (Å²) in [6.45, 7) is 3.90.